The smallest absolute Gasteiger partial charge is 0.255 e. The number of carbonyl (C=O) groups is 1. The summed E-state index contributed by atoms with van der Waals surface area (Å²) in [6.07, 6.45) is 7.35. The lowest BCUT2D eigenvalue weighted by Gasteiger charge is -2.21. The van der Waals surface area contributed by atoms with Gasteiger partial charge in [0.25, 0.3) is 5.91 Å². The van der Waals surface area contributed by atoms with Crippen molar-refractivity contribution < 1.29 is 14.3 Å². The van der Waals surface area contributed by atoms with Gasteiger partial charge in [0.1, 0.15) is 5.75 Å². The topological polar surface area (TPSA) is 73.6 Å². The molecule has 1 aromatic rings. The second-order valence-electron chi connectivity index (χ2n) is 5.81. The zero-order chi connectivity index (χ0) is 16.7. The van der Waals surface area contributed by atoms with E-state index in [4.69, 9.17) is 26.8 Å². The van der Waals surface area contributed by atoms with Gasteiger partial charge in [-0.05, 0) is 25.3 Å². The number of rotatable bonds is 7. The van der Waals surface area contributed by atoms with E-state index in [9.17, 15) is 4.79 Å². The third-order valence-electron chi connectivity index (χ3n) is 4.08. The maximum absolute atomic E-state index is 12.2. The number of nitrogens with two attached hydrogens (primary N) is 1. The van der Waals surface area contributed by atoms with Crippen LogP contribution in [-0.2, 0) is 4.74 Å². The number of nitrogen functional groups attached to an aromatic ring is 1. The van der Waals surface area contributed by atoms with Crippen molar-refractivity contribution in [1.29, 1.82) is 0 Å². The summed E-state index contributed by atoms with van der Waals surface area (Å²) in [5.74, 6) is 0.198. The predicted molar refractivity (Wildman–Crippen MR) is 99.4 cm³/mol. The van der Waals surface area contributed by atoms with Crippen LogP contribution in [0.25, 0.3) is 0 Å². The van der Waals surface area contributed by atoms with Crippen LogP contribution in [0, 0.1) is 0 Å². The lowest BCUT2D eigenvalue weighted by atomic mass is 9.98. The van der Waals surface area contributed by atoms with Crippen LogP contribution in [0.4, 0.5) is 5.69 Å². The van der Waals surface area contributed by atoms with E-state index in [0.717, 1.165) is 19.3 Å². The van der Waals surface area contributed by atoms with Crippen molar-refractivity contribution in [1.82, 2.24) is 5.32 Å². The summed E-state index contributed by atoms with van der Waals surface area (Å²) in [5.41, 5.74) is 6.49. The molecule has 7 heteroatoms. The first-order valence-corrected chi connectivity index (χ1v) is 8.52. The van der Waals surface area contributed by atoms with Crippen molar-refractivity contribution in [2.75, 3.05) is 26.0 Å². The number of halogens is 2. The lowest BCUT2D eigenvalue weighted by molar-refractivity contribution is 0.0273. The van der Waals surface area contributed by atoms with Crippen molar-refractivity contribution in [2.24, 2.45) is 0 Å². The van der Waals surface area contributed by atoms with Crippen molar-refractivity contribution in [3.05, 3.63) is 22.7 Å². The van der Waals surface area contributed by atoms with Crippen LogP contribution in [0.1, 0.15) is 48.9 Å². The molecule has 1 amide bonds. The van der Waals surface area contributed by atoms with Crippen LogP contribution < -0.4 is 15.8 Å². The number of methoxy groups -OCH3 is 1. The highest BCUT2D eigenvalue weighted by atomic mass is 35.5. The van der Waals surface area contributed by atoms with Gasteiger partial charge in [-0.1, -0.05) is 30.9 Å². The Kier molecular flexibility index (Phi) is 9.26. The van der Waals surface area contributed by atoms with E-state index >= 15 is 0 Å². The van der Waals surface area contributed by atoms with E-state index in [2.05, 4.69) is 5.32 Å². The molecule has 0 aliphatic heterocycles. The zero-order valence-corrected chi connectivity index (χ0v) is 15.5. The molecule has 0 aromatic heterocycles. The monoisotopic (exact) mass is 376 g/mol. The van der Waals surface area contributed by atoms with Crippen molar-refractivity contribution >= 4 is 35.6 Å². The number of benzene rings is 1. The van der Waals surface area contributed by atoms with Crippen LogP contribution in [0.15, 0.2) is 12.1 Å². The number of carbonyl (C=O) groups excluding carboxylic acids is 1. The third kappa shape index (κ3) is 6.04. The Hall–Kier alpha value is -1.17. The van der Waals surface area contributed by atoms with Gasteiger partial charge in [0.15, 0.2) is 0 Å². The minimum atomic E-state index is -0.221. The van der Waals surface area contributed by atoms with Crippen LogP contribution in [0.3, 0.4) is 0 Å². The molecule has 1 aliphatic rings. The van der Waals surface area contributed by atoms with E-state index < -0.39 is 0 Å². The molecule has 0 unspecified atom stereocenters. The number of nitrogens with one attached hydrogen (secondary N) is 1. The fourth-order valence-corrected chi connectivity index (χ4v) is 2.93. The van der Waals surface area contributed by atoms with Crippen molar-refractivity contribution in [3.8, 4) is 5.75 Å². The molecule has 0 bridgehead atoms. The average molecular weight is 377 g/mol. The maximum Gasteiger partial charge on any atom is 0.255 e. The van der Waals surface area contributed by atoms with E-state index in [1.54, 1.807) is 6.07 Å². The Morgan fingerprint density at radius 2 is 2.04 bits per heavy atom. The molecule has 1 aliphatic carbocycles. The van der Waals surface area contributed by atoms with E-state index in [0.29, 0.717) is 41.3 Å². The molecule has 3 N–H and O–H groups in total. The fraction of sp³-hybridized carbons (Fsp3) is 0.588. The molecule has 1 aromatic carbocycles. The average Bonchev–Trinajstić information content (AvgIpc) is 2.57. The first-order chi connectivity index (χ1) is 11.1. The highest BCUT2D eigenvalue weighted by molar-refractivity contribution is 6.33. The molecule has 5 nitrogen and oxygen atoms in total. The van der Waals surface area contributed by atoms with Gasteiger partial charge in [0.2, 0.25) is 0 Å². The van der Waals surface area contributed by atoms with E-state index in [-0.39, 0.29) is 18.3 Å². The number of hydrogen-bond donors (Lipinski definition) is 2. The Bertz CT molecular complexity index is 535. The second kappa shape index (κ2) is 10.6. The molecular weight excluding hydrogens is 351 g/mol. The molecule has 0 radical (unpaired) electrons. The van der Waals surface area contributed by atoms with Crippen LogP contribution >= 0.6 is 24.0 Å². The molecule has 136 valence electrons. The van der Waals surface area contributed by atoms with Gasteiger partial charge in [0.05, 0.1) is 29.5 Å². The zero-order valence-electron chi connectivity index (χ0n) is 14.0. The van der Waals surface area contributed by atoms with Gasteiger partial charge in [-0.15, -0.1) is 12.4 Å². The lowest BCUT2D eigenvalue weighted by Crippen LogP contribution is -2.26. The quantitative estimate of drug-likeness (QED) is 0.560. The third-order valence-corrected chi connectivity index (χ3v) is 4.40. The Balaban J connectivity index is 0.00000288. The molecule has 0 atom stereocenters. The maximum atomic E-state index is 12.2. The Morgan fingerprint density at radius 3 is 2.71 bits per heavy atom. The highest BCUT2D eigenvalue weighted by Gasteiger charge is 2.15. The van der Waals surface area contributed by atoms with Gasteiger partial charge in [0, 0.05) is 19.2 Å². The molecule has 0 heterocycles. The molecule has 24 heavy (non-hydrogen) atoms. The van der Waals surface area contributed by atoms with Crippen LogP contribution in [0.2, 0.25) is 5.02 Å². The molecule has 1 fully saturated rings. The van der Waals surface area contributed by atoms with E-state index in [1.807, 2.05) is 0 Å². The number of anilines is 1. The molecule has 0 spiro atoms. The van der Waals surface area contributed by atoms with Gasteiger partial charge in [-0.25, -0.2) is 0 Å². The molecule has 0 saturated heterocycles. The van der Waals surface area contributed by atoms with Gasteiger partial charge in [-0.2, -0.15) is 0 Å². The first kappa shape index (κ1) is 20.9. The normalized spacial score (nSPS) is 14.8. The van der Waals surface area contributed by atoms with Gasteiger partial charge >= 0.3 is 0 Å². The largest absolute Gasteiger partial charge is 0.496 e. The number of amides is 1. The van der Waals surface area contributed by atoms with E-state index in [1.165, 1.54) is 32.4 Å². The summed E-state index contributed by atoms with van der Waals surface area (Å²) in [7, 11) is 1.50. The molecule has 1 saturated carbocycles. The SMILES string of the molecule is COc1cc(N)c(Cl)cc1C(=O)NCCCOC1CCCCC1.Cl. The summed E-state index contributed by atoms with van der Waals surface area (Å²) in [6.45, 7) is 1.22. The number of ether oxygens (including phenoxy) is 2. The van der Waals surface area contributed by atoms with Crippen molar-refractivity contribution in [2.45, 2.75) is 44.6 Å². The minimum Gasteiger partial charge on any atom is -0.496 e. The summed E-state index contributed by atoms with van der Waals surface area (Å²) in [4.78, 5) is 12.2. The summed E-state index contributed by atoms with van der Waals surface area (Å²) in [6, 6.07) is 3.09. The summed E-state index contributed by atoms with van der Waals surface area (Å²) < 4.78 is 11.0. The first-order valence-electron chi connectivity index (χ1n) is 8.14. The van der Waals surface area contributed by atoms with Crippen molar-refractivity contribution in [3.63, 3.8) is 0 Å². The van der Waals surface area contributed by atoms with Crippen LogP contribution in [0.5, 0.6) is 5.75 Å². The minimum absolute atomic E-state index is 0. The fourth-order valence-electron chi connectivity index (χ4n) is 2.77. The standard InChI is InChI=1S/C17H25ClN2O3.ClH/c1-22-16-11-15(19)14(18)10-13(16)17(21)20-8-5-9-23-12-6-3-2-4-7-12;/h10-12H,2-9,19H2,1H3,(H,20,21);1H. The molecule has 2 rings (SSSR count). The second-order valence-corrected chi connectivity index (χ2v) is 6.22. The van der Waals surface area contributed by atoms with Gasteiger partial charge in [-0.3, -0.25) is 4.79 Å². The Labute approximate surface area is 154 Å². The number of hydrogen-bond acceptors (Lipinski definition) is 4. The summed E-state index contributed by atoms with van der Waals surface area (Å²) in [5, 5.41) is 3.20. The summed E-state index contributed by atoms with van der Waals surface area (Å²) >= 11 is 5.98. The molecular formula is C17H26Cl2N2O3. The Morgan fingerprint density at radius 1 is 1.33 bits per heavy atom. The van der Waals surface area contributed by atoms with Gasteiger partial charge < -0.3 is 20.5 Å². The predicted octanol–water partition coefficient (Wildman–Crippen LogP) is 3.82. The van der Waals surface area contributed by atoms with Crippen LogP contribution in [-0.4, -0.2) is 32.3 Å². The highest BCUT2D eigenvalue weighted by Crippen LogP contribution is 2.28.